The third kappa shape index (κ3) is 6.22. The molecule has 35 heavy (non-hydrogen) atoms. The molecule has 0 saturated heterocycles. The van der Waals surface area contributed by atoms with E-state index in [9.17, 15) is 22.8 Å². The molecule has 192 valence electrons. The van der Waals surface area contributed by atoms with Gasteiger partial charge in [-0.2, -0.15) is 18.3 Å². The molecular weight excluding hydrogens is 461 g/mol. The number of carbonyl (C=O) groups is 2. The predicted molar refractivity (Wildman–Crippen MR) is 127 cm³/mol. The fourth-order valence-electron chi connectivity index (χ4n) is 4.63. The van der Waals surface area contributed by atoms with E-state index in [-0.39, 0.29) is 36.1 Å². The SMILES string of the molecule is COC1CCC(Nc2cc(-n3nc(C(F)(F)F)c(C)c3CC(C)(C)CC=O)ccc2C(N)=O)CC1. The number of halogens is 3. The van der Waals surface area contributed by atoms with E-state index < -0.39 is 23.2 Å². The van der Waals surface area contributed by atoms with Crippen LogP contribution < -0.4 is 11.1 Å². The highest BCUT2D eigenvalue weighted by molar-refractivity contribution is 5.99. The second kappa shape index (κ2) is 10.4. The van der Waals surface area contributed by atoms with E-state index in [2.05, 4.69) is 10.4 Å². The highest BCUT2D eigenvalue weighted by atomic mass is 19.4. The van der Waals surface area contributed by atoms with Crippen molar-refractivity contribution < 1.29 is 27.5 Å². The van der Waals surface area contributed by atoms with Gasteiger partial charge in [-0.15, -0.1) is 0 Å². The summed E-state index contributed by atoms with van der Waals surface area (Å²) in [5, 5.41) is 7.28. The van der Waals surface area contributed by atoms with Crippen molar-refractivity contribution in [3.8, 4) is 5.69 Å². The molecule has 3 rings (SSSR count). The highest BCUT2D eigenvalue weighted by Crippen LogP contribution is 2.37. The number of methoxy groups -OCH3 is 1. The van der Waals surface area contributed by atoms with Crippen LogP contribution in [0.3, 0.4) is 0 Å². The summed E-state index contributed by atoms with van der Waals surface area (Å²) in [5.74, 6) is -0.635. The van der Waals surface area contributed by atoms with Crippen LogP contribution in [0.15, 0.2) is 18.2 Å². The van der Waals surface area contributed by atoms with Gasteiger partial charge in [0.15, 0.2) is 5.69 Å². The van der Waals surface area contributed by atoms with Gasteiger partial charge in [-0.05, 0) is 62.6 Å². The number of nitrogens with zero attached hydrogens (tertiary/aromatic N) is 2. The molecule has 1 aliphatic rings. The highest BCUT2D eigenvalue weighted by Gasteiger charge is 2.39. The fourth-order valence-corrected chi connectivity index (χ4v) is 4.63. The quantitative estimate of drug-likeness (QED) is 0.487. The van der Waals surface area contributed by atoms with Crippen LogP contribution >= 0.6 is 0 Å². The van der Waals surface area contributed by atoms with E-state index in [1.54, 1.807) is 13.2 Å². The number of nitrogens with two attached hydrogens (primary N) is 1. The van der Waals surface area contributed by atoms with Crippen LogP contribution in [0.1, 0.15) is 73.3 Å². The summed E-state index contributed by atoms with van der Waals surface area (Å²) in [6.07, 6.45) is 0.108. The average Bonchev–Trinajstić information content (AvgIpc) is 3.10. The molecule has 2 aromatic rings. The Morgan fingerprint density at radius 1 is 1.26 bits per heavy atom. The summed E-state index contributed by atoms with van der Waals surface area (Å²) < 4.78 is 47.9. The summed E-state index contributed by atoms with van der Waals surface area (Å²) in [6, 6.07) is 4.73. The number of anilines is 1. The molecule has 1 heterocycles. The number of amides is 1. The molecule has 3 N–H and O–H groups in total. The number of aldehydes is 1. The van der Waals surface area contributed by atoms with Gasteiger partial charge in [-0.25, -0.2) is 4.68 Å². The van der Waals surface area contributed by atoms with Crippen LogP contribution in [-0.4, -0.2) is 41.2 Å². The van der Waals surface area contributed by atoms with Crippen molar-refractivity contribution in [1.29, 1.82) is 0 Å². The third-order valence-corrected chi connectivity index (χ3v) is 6.67. The summed E-state index contributed by atoms with van der Waals surface area (Å²) in [7, 11) is 1.68. The van der Waals surface area contributed by atoms with Gasteiger partial charge in [0.2, 0.25) is 0 Å². The second-order valence-corrected chi connectivity index (χ2v) is 9.99. The van der Waals surface area contributed by atoms with Gasteiger partial charge in [0, 0.05) is 36.5 Å². The number of nitrogens with one attached hydrogen (secondary N) is 1. The lowest BCUT2D eigenvalue weighted by molar-refractivity contribution is -0.141. The molecule has 10 heteroatoms. The number of benzene rings is 1. The molecule has 1 aromatic heterocycles. The molecular formula is C25H33F3N4O3. The van der Waals surface area contributed by atoms with Crippen molar-refractivity contribution in [1.82, 2.24) is 9.78 Å². The van der Waals surface area contributed by atoms with Crippen LogP contribution in [0.4, 0.5) is 18.9 Å². The van der Waals surface area contributed by atoms with Crippen molar-refractivity contribution in [2.45, 2.75) is 77.6 Å². The van der Waals surface area contributed by atoms with Crippen LogP contribution in [0, 0.1) is 12.3 Å². The number of carbonyl (C=O) groups excluding carboxylic acids is 2. The zero-order valence-corrected chi connectivity index (χ0v) is 20.5. The van der Waals surface area contributed by atoms with E-state index in [1.807, 2.05) is 13.8 Å². The maximum absolute atomic E-state index is 13.7. The van der Waals surface area contributed by atoms with Crippen molar-refractivity contribution in [3.05, 3.63) is 40.7 Å². The Kier molecular flexibility index (Phi) is 7.93. The first-order chi connectivity index (χ1) is 16.4. The monoisotopic (exact) mass is 494 g/mol. The van der Waals surface area contributed by atoms with Gasteiger partial charge in [0.25, 0.3) is 5.91 Å². The molecule has 1 amide bonds. The van der Waals surface area contributed by atoms with E-state index >= 15 is 0 Å². The molecule has 0 unspecified atom stereocenters. The summed E-state index contributed by atoms with van der Waals surface area (Å²) in [6.45, 7) is 5.04. The predicted octanol–water partition coefficient (Wildman–Crippen LogP) is 4.83. The first-order valence-corrected chi connectivity index (χ1v) is 11.7. The first-order valence-electron chi connectivity index (χ1n) is 11.7. The Morgan fingerprint density at radius 3 is 2.46 bits per heavy atom. The van der Waals surface area contributed by atoms with Crippen molar-refractivity contribution >= 4 is 17.9 Å². The number of ether oxygens (including phenoxy) is 1. The Balaban J connectivity index is 2.05. The Morgan fingerprint density at radius 2 is 1.91 bits per heavy atom. The minimum absolute atomic E-state index is 0.0165. The molecule has 1 saturated carbocycles. The van der Waals surface area contributed by atoms with E-state index in [1.165, 1.54) is 23.7 Å². The number of alkyl halides is 3. The van der Waals surface area contributed by atoms with Crippen molar-refractivity contribution in [2.24, 2.45) is 11.1 Å². The molecule has 7 nitrogen and oxygen atoms in total. The fraction of sp³-hybridized carbons (Fsp3) is 0.560. The van der Waals surface area contributed by atoms with Gasteiger partial charge in [-0.3, -0.25) is 4.79 Å². The summed E-state index contributed by atoms with van der Waals surface area (Å²) in [4.78, 5) is 23.2. The number of rotatable bonds is 9. The normalized spacial score (nSPS) is 18.9. The number of hydrogen-bond acceptors (Lipinski definition) is 5. The zero-order valence-electron chi connectivity index (χ0n) is 20.5. The van der Waals surface area contributed by atoms with E-state index in [0.29, 0.717) is 17.1 Å². The standard InChI is InChI=1S/C25H33F3N4O3/c1-15-21(14-24(2,3)11-12-33)32(31-22(15)25(26,27)28)17-7-10-19(23(29)34)20(13-17)30-16-5-8-18(35-4)9-6-16/h7,10,12-13,16,18,30H,5-6,8-9,11,14H2,1-4H3,(H2,29,34). The van der Waals surface area contributed by atoms with Gasteiger partial charge in [-0.1, -0.05) is 13.8 Å². The van der Waals surface area contributed by atoms with Gasteiger partial charge in [0.05, 0.1) is 17.4 Å². The smallest absolute Gasteiger partial charge is 0.382 e. The lowest BCUT2D eigenvalue weighted by Gasteiger charge is -2.29. The molecule has 0 spiro atoms. The van der Waals surface area contributed by atoms with Gasteiger partial charge >= 0.3 is 6.18 Å². The zero-order chi connectivity index (χ0) is 26.0. The Labute approximate surface area is 203 Å². The third-order valence-electron chi connectivity index (χ3n) is 6.67. The molecule has 0 aliphatic heterocycles. The van der Waals surface area contributed by atoms with Gasteiger partial charge < -0.3 is 20.6 Å². The number of hydrogen-bond donors (Lipinski definition) is 2. The lowest BCUT2D eigenvalue weighted by atomic mass is 9.84. The van der Waals surface area contributed by atoms with Crippen molar-refractivity contribution in [2.75, 3.05) is 12.4 Å². The topological polar surface area (TPSA) is 99.2 Å². The van der Waals surface area contributed by atoms with Crippen molar-refractivity contribution in [3.63, 3.8) is 0 Å². The Bertz CT molecular complexity index is 1070. The largest absolute Gasteiger partial charge is 0.435 e. The Hall–Kier alpha value is -2.88. The first kappa shape index (κ1) is 26.7. The maximum Gasteiger partial charge on any atom is 0.435 e. The lowest BCUT2D eigenvalue weighted by Crippen LogP contribution is -2.30. The van der Waals surface area contributed by atoms with Crippen LogP contribution in [0.25, 0.3) is 5.69 Å². The van der Waals surface area contributed by atoms with Crippen LogP contribution in [0.5, 0.6) is 0 Å². The maximum atomic E-state index is 13.7. The average molecular weight is 495 g/mol. The minimum atomic E-state index is -4.63. The van der Waals surface area contributed by atoms with Crippen LogP contribution in [0.2, 0.25) is 0 Å². The van der Waals surface area contributed by atoms with E-state index in [0.717, 1.165) is 32.0 Å². The minimum Gasteiger partial charge on any atom is -0.382 e. The molecule has 1 aromatic carbocycles. The number of primary amides is 1. The summed E-state index contributed by atoms with van der Waals surface area (Å²) in [5.41, 5.74) is 5.50. The molecule has 0 atom stereocenters. The second-order valence-electron chi connectivity index (χ2n) is 9.99. The van der Waals surface area contributed by atoms with Crippen LogP contribution in [-0.2, 0) is 22.1 Å². The van der Waals surface area contributed by atoms with Gasteiger partial charge in [0.1, 0.15) is 6.29 Å². The number of aromatic nitrogens is 2. The van der Waals surface area contributed by atoms with E-state index in [4.69, 9.17) is 10.5 Å². The molecule has 0 radical (unpaired) electrons. The molecule has 1 aliphatic carbocycles. The molecule has 0 bridgehead atoms. The summed E-state index contributed by atoms with van der Waals surface area (Å²) >= 11 is 0. The molecule has 1 fully saturated rings.